The van der Waals surface area contributed by atoms with Crippen LogP contribution in [0, 0.1) is 0 Å². The van der Waals surface area contributed by atoms with Crippen molar-refractivity contribution < 1.29 is 4.74 Å². The highest BCUT2D eigenvalue weighted by Gasteiger charge is 2.24. The van der Waals surface area contributed by atoms with Crippen molar-refractivity contribution in [2.24, 2.45) is 0 Å². The highest BCUT2D eigenvalue weighted by molar-refractivity contribution is 5.49. The lowest BCUT2D eigenvalue weighted by Crippen LogP contribution is -2.46. The van der Waals surface area contributed by atoms with Gasteiger partial charge >= 0.3 is 0 Å². The Morgan fingerprint density at radius 1 is 0.864 bits per heavy atom. The maximum atomic E-state index is 5.69. The van der Waals surface area contributed by atoms with E-state index < -0.39 is 0 Å². The molecule has 1 saturated carbocycles. The molecule has 0 N–H and O–H groups in total. The van der Waals surface area contributed by atoms with Gasteiger partial charge in [-0.2, -0.15) is 0 Å². The molecule has 2 fully saturated rings. The van der Waals surface area contributed by atoms with Gasteiger partial charge in [0.25, 0.3) is 0 Å². The van der Waals surface area contributed by atoms with Crippen LogP contribution in [0.5, 0.6) is 5.88 Å². The van der Waals surface area contributed by atoms with Crippen molar-refractivity contribution in [3.05, 3.63) is 37.1 Å². The molecule has 4 rings (SSSR count). The van der Waals surface area contributed by atoms with Gasteiger partial charge in [-0.05, 0) is 18.9 Å². The second-order valence-corrected chi connectivity index (χ2v) is 5.74. The summed E-state index contributed by atoms with van der Waals surface area (Å²) < 4.78 is 5.69. The number of nitrogens with zero attached hydrogens (tertiary/aromatic N) is 5. The standard InChI is InChI=1S/C16H19N5O/c1-4-16(22-15-2-3-15)19-11-13(1)20-5-7-21(8-6-20)14-9-17-12-18-10-14/h1,4,9-12,15H,2-3,5-8H2. The average Bonchev–Trinajstić information content (AvgIpc) is 3.41. The van der Waals surface area contributed by atoms with E-state index in [0.717, 1.165) is 56.3 Å². The van der Waals surface area contributed by atoms with E-state index in [2.05, 4.69) is 30.8 Å². The number of rotatable bonds is 4. The molecule has 0 radical (unpaired) electrons. The third-order valence-electron chi connectivity index (χ3n) is 4.09. The summed E-state index contributed by atoms with van der Waals surface area (Å²) in [5.41, 5.74) is 2.25. The lowest BCUT2D eigenvalue weighted by Gasteiger charge is -2.36. The van der Waals surface area contributed by atoms with Crippen molar-refractivity contribution in [3.8, 4) is 5.88 Å². The summed E-state index contributed by atoms with van der Waals surface area (Å²) in [6, 6.07) is 4.08. The largest absolute Gasteiger partial charge is 0.474 e. The van der Waals surface area contributed by atoms with Crippen molar-refractivity contribution in [1.82, 2.24) is 15.0 Å². The zero-order valence-corrected chi connectivity index (χ0v) is 12.4. The van der Waals surface area contributed by atoms with Crippen LogP contribution < -0.4 is 14.5 Å². The summed E-state index contributed by atoms with van der Waals surface area (Å²) in [5.74, 6) is 0.742. The molecule has 0 amide bonds. The van der Waals surface area contributed by atoms with E-state index in [1.807, 2.05) is 24.7 Å². The van der Waals surface area contributed by atoms with Gasteiger partial charge in [-0.1, -0.05) is 0 Å². The van der Waals surface area contributed by atoms with Crippen LogP contribution in [-0.4, -0.2) is 47.2 Å². The lowest BCUT2D eigenvalue weighted by molar-refractivity contribution is 0.291. The minimum absolute atomic E-state index is 0.398. The number of ether oxygens (including phenoxy) is 1. The number of pyridine rings is 1. The highest BCUT2D eigenvalue weighted by atomic mass is 16.5. The Kier molecular flexibility index (Phi) is 3.50. The lowest BCUT2D eigenvalue weighted by atomic mass is 10.2. The SMILES string of the molecule is c1ncc(N2CCN(c3ccc(OC4CC4)nc3)CC2)cn1. The third kappa shape index (κ3) is 2.95. The first-order valence-corrected chi connectivity index (χ1v) is 7.76. The molecule has 1 aliphatic carbocycles. The molecule has 1 saturated heterocycles. The molecule has 6 heteroatoms. The first kappa shape index (κ1) is 13.3. The summed E-state index contributed by atoms with van der Waals surface area (Å²) in [6.07, 6.45) is 9.94. The van der Waals surface area contributed by atoms with E-state index in [4.69, 9.17) is 4.74 Å². The van der Waals surface area contributed by atoms with Gasteiger partial charge in [-0.25, -0.2) is 15.0 Å². The third-order valence-corrected chi connectivity index (χ3v) is 4.09. The molecule has 0 atom stereocenters. The van der Waals surface area contributed by atoms with Crippen LogP contribution in [0.25, 0.3) is 0 Å². The molecule has 2 aliphatic rings. The van der Waals surface area contributed by atoms with Gasteiger partial charge in [0.05, 0.1) is 30.0 Å². The minimum atomic E-state index is 0.398. The number of hydrogen-bond donors (Lipinski definition) is 0. The number of piperazine rings is 1. The van der Waals surface area contributed by atoms with Crippen LogP contribution in [0.2, 0.25) is 0 Å². The van der Waals surface area contributed by atoms with Gasteiger partial charge in [0.15, 0.2) is 0 Å². The molecule has 114 valence electrons. The molecule has 1 aliphatic heterocycles. The maximum Gasteiger partial charge on any atom is 0.213 e. The average molecular weight is 297 g/mol. The van der Waals surface area contributed by atoms with E-state index >= 15 is 0 Å². The first-order chi connectivity index (χ1) is 10.9. The van der Waals surface area contributed by atoms with Gasteiger partial charge < -0.3 is 14.5 Å². The Bertz CT molecular complexity index is 606. The second kappa shape index (κ2) is 5.79. The fourth-order valence-corrected chi connectivity index (χ4v) is 2.66. The molecule has 0 spiro atoms. The summed E-state index contributed by atoms with van der Waals surface area (Å²) in [6.45, 7) is 3.88. The molecule has 0 aromatic carbocycles. The van der Waals surface area contributed by atoms with Crippen LogP contribution in [-0.2, 0) is 0 Å². The van der Waals surface area contributed by atoms with Crippen molar-refractivity contribution in [3.63, 3.8) is 0 Å². The van der Waals surface area contributed by atoms with Crippen LogP contribution in [0.15, 0.2) is 37.1 Å². The Balaban J connectivity index is 1.36. The predicted octanol–water partition coefficient (Wildman–Crippen LogP) is 1.74. The van der Waals surface area contributed by atoms with Crippen LogP contribution in [0.3, 0.4) is 0 Å². The van der Waals surface area contributed by atoms with E-state index in [-0.39, 0.29) is 0 Å². The van der Waals surface area contributed by atoms with Crippen LogP contribution in [0.4, 0.5) is 11.4 Å². The maximum absolute atomic E-state index is 5.69. The zero-order chi connectivity index (χ0) is 14.8. The Morgan fingerprint density at radius 3 is 2.14 bits per heavy atom. The monoisotopic (exact) mass is 297 g/mol. The van der Waals surface area contributed by atoms with Crippen molar-refractivity contribution >= 4 is 11.4 Å². The summed E-state index contributed by atoms with van der Waals surface area (Å²) in [5, 5.41) is 0. The molecule has 0 unspecified atom stereocenters. The van der Waals surface area contributed by atoms with Gasteiger partial charge in [-0.15, -0.1) is 0 Å². The number of aromatic nitrogens is 3. The summed E-state index contributed by atoms with van der Waals surface area (Å²) in [7, 11) is 0. The number of hydrogen-bond acceptors (Lipinski definition) is 6. The van der Waals surface area contributed by atoms with Gasteiger partial charge in [0.2, 0.25) is 5.88 Å². The molecular formula is C16H19N5O. The van der Waals surface area contributed by atoms with E-state index in [0.29, 0.717) is 6.10 Å². The quantitative estimate of drug-likeness (QED) is 0.857. The smallest absolute Gasteiger partial charge is 0.213 e. The Morgan fingerprint density at radius 2 is 1.55 bits per heavy atom. The summed E-state index contributed by atoms with van der Waals surface area (Å²) in [4.78, 5) is 17.3. The molecule has 6 nitrogen and oxygen atoms in total. The molecule has 2 aromatic rings. The van der Waals surface area contributed by atoms with Crippen molar-refractivity contribution in [2.75, 3.05) is 36.0 Å². The van der Waals surface area contributed by atoms with E-state index in [9.17, 15) is 0 Å². The summed E-state index contributed by atoms with van der Waals surface area (Å²) >= 11 is 0. The van der Waals surface area contributed by atoms with Crippen molar-refractivity contribution in [1.29, 1.82) is 0 Å². The van der Waals surface area contributed by atoms with E-state index in [1.54, 1.807) is 6.33 Å². The fraction of sp³-hybridized carbons (Fsp3) is 0.438. The Labute approximate surface area is 129 Å². The molecule has 3 heterocycles. The van der Waals surface area contributed by atoms with Gasteiger partial charge in [0.1, 0.15) is 12.4 Å². The molecule has 0 bridgehead atoms. The topological polar surface area (TPSA) is 54.4 Å². The van der Waals surface area contributed by atoms with E-state index in [1.165, 1.54) is 0 Å². The second-order valence-electron chi connectivity index (χ2n) is 5.74. The first-order valence-electron chi connectivity index (χ1n) is 7.76. The highest BCUT2D eigenvalue weighted by Crippen LogP contribution is 2.26. The Hall–Kier alpha value is -2.37. The molecule has 22 heavy (non-hydrogen) atoms. The normalized spacial score (nSPS) is 18.4. The number of anilines is 2. The van der Waals surface area contributed by atoms with Crippen molar-refractivity contribution in [2.45, 2.75) is 18.9 Å². The molecule has 2 aromatic heterocycles. The predicted molar refractivity (Wildman–Crippen MR) is 84.3 cm³/mol. The van der Waals surface area contributed by atoms with Gasteiger partial charge in [-0.3, -0.25) is 0 Å². The molecular weight excluding hydrogens is 278 g/mol. The van der Waals surface area contributed by atoms with Gasteiger partial charge in [0, 0.05) is 32.2 Å². The minimum Gasteiger partial charge on any atom is -0.474 e. The fourth-order valence-electron chi connectivity index (χ4n) is 2.66. The zero-order valence-electron chi connectivity index (χ0n) is 12.4. The van der Waals surface area contributed by atoms with Crippen LogP contribution in [0.1, 0.15) is 12.8 Å². The van der Waals surface area contributed by atoms with Crippen LogP contribution >= 0.6 is 0 Å².